The first-order chi connectivity index (χ1) is 11.7. The lowest BCUT2D eigenvalue weighted by Gasteiger charge is -2.37. The van der Waals surface area contributed by atoms with Crippen molar-refractivity contribution >= 4 is 5.91 Å². The van der Waals surface area contributed by atoms with Crippen LogP contribution in [0.5, 0.6) is 0 Å². The Kier molecular flexibility index (Phi) is 5.22. The fourth-order valence-electron chi connectivity index (χ4n) is 3.02. The number of rotatable bonds is 6. The van der Waals surface area contributed by atoms with Gasteiger partial charge in [-0.3, -0.25) is 9.78 Å². The van der Waals surface area contributed by atoms with Gasteiger partial charge in [0.15, 0.2) is 11.5 Å². The van der Waals surface area contributed by atoms with Gasteiger partial charge in [0.05, 0.1) is 6.61 Å². The van der Waals surface area contributed by atoms with Crippen LogP contribution in [0.15, 0.2) is 35.1 Å². The molecule has 2 aromatic rings. The first-order valence-corrected chi connectivity index (χ1v) is 8.07. The van der Waals surface area contributed by atoms with Gasteiger partial charge in [-0.05, 0) is 38.1 Å². The van der Waals surface area contributed by atoms with E-state index < -0.39 is 0 Å². The third-order valence-electron chi connectivity index (χ3n) is 4.43. The number of ether oxygens (including phenoxy) is 1. The van der Waals surface area contributed by atoms with Gasteiger partial charge in [-0.25, -0.2) is 0 Å². The number of nitrogens with one attached hydrogen (secondary N) is 2. The van der Waals surface area contributed by atoms with Gasteiger partial charge in [0.2, 0.25) is 0 Å². The second-order valence-corrected chi connectivity index (χ2v) is 6.18. The molecule has 0 unspecified atom stereocenters. The Morgan fingerprint density at radius 2 is 2.29 bits per heavy atom. The van der Waals surface area contributed by atoms with Gasteiger partial charge in [-0.1, -0.05) is 5.16 Å². The number of hydrogen-bond acceptors (Lipinski definition) is 6. The van der Waals surface area contributed by atoms with Crippen LogP contribution in [0.3, 0.4) is 0 Å². The Labute approximate surface area is 140 Å². The van der Waals surface area contributed by atoms with E-state index in [1.165, 1.54) is 0 Å². The Balaban J connectivity index is 1.63. The molecule has 0 radical (unpaired) electrons. The van der Waals surface area contributed by atoms with E-state index in [0.29, 0.717) is 18.9 Å². The molecule has 1 amide bonds. The van der Waals surface area contributed by atoms with Gasteiger partial charge < -0.3 is 19.9 Å². The van der Waals surface area contributed by atoms with Crippen molar-refractivity contribution in [3.63, 3.8) is 0 Å². The molecule has 1 aliphatic rings. The summed E-state index contributed by atoms with van der Waals surface area (Å²) in [7, 11) is 1.70. The predicted octanol–water partition coefficient (Wildman–Crippen LogP) is 1.48. The van der Waals surface area contributed by atoms with Gasteiger partial charge in [0.1, 0.15) is 0 Å². The normalized spacial score (nSPS) is 16.7. The summed E-state index contributed by atoms with van der Waals surface area (Å²) in [5, 5.41) is 10.2. The maximum absolute atomic E-state index is 12.4. The van der Waals surface area contributed by atoms with E-state index in [9.17, 15) is 4.79 Å². The van der Waals surface area contributed by atoms with Gasteiger partial charge in [0, 0.05) is 43.1 Å². The predicted molar refractivity (Wildman–Crippen MR) is 88.5 cm³/mol. The van der Waals surface area contributed by atoms with Crippen molar-refractivity contribution in [1.29, 1.82) is 0 Å². The molecule has 1 fully saturated rings. The van der Waals surface area contributed by atoms with Crippen molar-refractivity contribution in [1.82, 2.24) is 20.8 Å². The number of pyridine rings is 1. The highest BCUT2D eigenvalue weighted by atomic mass is 16.5. The summed E-state index contributed by atoms with van der Waals surface area (Å²) < 4.78 is 10.6. The first-order valence-electron chi connectivity index (χ1n) is 8.07. The van der Waals surface area contributed by atoms with E-state index in [2.05, 4.69) is 20.8 Å². The summed E-state index contributed by atoms with van der Waals surface area (Å²) >= 11 is 0. The number of methoxy groups -OCH3 is 1. The number of aromatic nitrogens is 2. The monoisotopic (exact) mass is 330 g/mol. The molecule has 0 bridgehead atoms. The van der Waals surface area contributed by atoms with E-state index in [1.807, 2.05) is 12.1 Å². The van der Waals surface area contributed by atoms with Crippen LogP contribution in [0.4, 0.5) is 0 Å². The summed E-state index contributed by atoms with van der Waals surface area (Å²) in [6.07, 6.45) is 5.30. The third-order valence-corrected chi connectivity index (χ3v) is 4.43. The molecule has 1 aliphatic heterocycles. The van der Waals surface area contributed by atoms with E-state index in [0.717, 1.165) is 31.5 Å². The molecule has 0 saturated carbocycles. The molecule has 0 aliphatic carbocycles. The van der Waals surface area contributed by atoms with Crippen LogP contribution in [-0.4, -0.2) is 49.4 Å². The topological polar surface area (TPSA) is 89.3 Å². The van der Waals surface area contributed by atoms with Crippen molar-refractivity contribution in [2.45, 2.75) is 12.8 Å². The van der Waals surface area contributed by atoms with Crippen molar-refractivity contribution in [2.24, 2.45) is 5.41 Å². The second kappa shape index (κ2) is 7.55. The van der Waals surface area contributed by atoms with Crippen LogP contribution >= 0.6 is 0 Å². The van der Waals surface area contributed by atoms with Crippen molar-refractivity contribution in [2.75, 3.05) is 33.4 Å². The van der Waals surface area contributed by atoms with Crippen molar-refractivity contribution in [3.05, 3.63) is 36.3 Å². The van der Waals surface area contributed by atoms with Gasteiger partial charge in [-0.15, -0.1) is 0 Å². The fourth-order valence-corrected chi connectivity index (χ4v) is 3.02. The van der Waals surface area contributed by atoms with E-state index >= 15 is 0 Å². The molecule has 0 spiro atoms. The zero-order valence-electron chi connectivity index (χ0n) is 13.7. The van der Waals surface area contributed by atoms with Gasteiger partial charge in [0.25, 0.3) is 5.91 Å². The zero-order valence-corrected chi connectivity index (χ0v) is 13.7. The number of amides is 1. The lowest BCUT2D eigenvalue weighted by molar-refractivity contribution is 0.0510. The molecule has 2 aromatic heterocycles. The largest absolute Gasteiger partial charge is 0.384 e. The van der Waals surface area contributed by atoms with E-state index in [1.54, 1.807) is 25.6 Å². The van der Waals surface area contributed by atoms with E-state index in [4.69, 9.17) is 9.26 Å². The second-order valence-electron chi connectivity index (χ2n) is 6.18. The summed E-state index contributed by atoms with van der Waals surface area (Å²) in [5.41, 5.74) is 1.04. The highest BCUT2D eigenvalue weighted by molar-refractivity contribution is 5.93. The number of hydrogen-bond donors (Lipinski definition) is 2. The molecule has 2 N–H and O–H groups in total. The molecular weight excluding hydrogens is 308 g/mol. The molecule has 7 heteroatoms. The van der Waals surface area contributed by atoms with Crippen molar-refractivity contribution < 1.29 is 14.1 Å². The number of carbonyl (C=O) groups excluding carboxylic acids is 1. The van der Waals surface area contributed by atoms with Crippen LogP contribution in [0.25, 0.3) is 11.3 Å². The zero-order chi connectivity index (χ0) is 16.8. The minimum atomic E-state index is -0.233. The first kappa shape index (κ1) is 16.6. The maximum Gasteiger partial charge on any atom is 0.273 e. The van der Waals surface area contributed by atoms with Crippen LogP contribution in [0.1, 0.15) is 23.3 Å². The highest BCUT2D eigenvalue weighted by Gasteiger charge is 2.32. The smallest absolute Gasteiger partial charge is 0.273 e. The molecule has 3 heterocycles. The van der Waals surface area contributed by atoms with Crippen LogP contribution in [0.2, 0.25) is 0 Å². The molecule has 128 valence electrons. The highest BCUT2D eigenvalue weighted by Crippen LogP contribution is 2.28. The van der Waals surface area contributed by atoms with Gasteiger partial charge >= 0.3 is 0 Å². The summed E-state index contributed by atoms with van der Waals surface area (Å²) in [4.78, 5) is 16.4. The third kappa shape index (κ3) is 3.80. The molecule has 7 nitrogen and oxygen atoms in total. The number of carbonyl (C=O) groups is 1. The Morgan fingerprint density at radius 3 is 3.00 bits per heavy atom. The summed E-state index contributed by atoms with van der Waals surface area (Å²) in [6, 6.07) is 5.30. The summed E-state index contributed by atoms with van der Waals surface area (Å²) in [5.74, 6) is 0.296. The lowest BCUT2D eigenvalue weighted by atomic mass is 9.79. The van der Waals surface area contributed by atoms with Crippen LogP contribution in [0, 0.1) is 5.41 Å². The molecular formula is C17H22N4O3. The summed E-state index contributed by atoms with van der Waals surface area (Å²) in [6.45, 7) is 3.08. The average molecular weight is 330 g/mol. The Hall–Kier alpha value is -2.25. The van der Waals surface area contributed by atoms with Crippen LogP contribution in [-0.2, 0) is 4.74 Å². The standard InChI is InChI=1S/C17H22N4O3/c1-23-12-17(4-7-18-8-5-17)11-20-16(22)14-9-15(24-21-14)13-3-2-6-19-10-13/h2-3,6,9-10,18H,4-5,7-8,11-12H2,1H3,(H,20,22). The van der Waals surface area contributed by atoms with E-state index in [-0.39, 0.29) is 17.0 Å². The fraction of sp³-hybridized carbons (Fsp3) is 0.471. The Morgan fingerprint density at radius 1 is 1.46 bits per heavy atom. The SMILES string of the molecule is COCC1(CNC(=O)c2cc(-c3cccnc3)on2)CCNCC1. The molecule has 0 atom stereocenters. The molecule has 24 heavy (non-hydrogen) atoms. The average Bonchev–Trinajstić information content (AvgIpc) is 3.12. The lowest BCUT2D eigenvalue weighted by Crippen LogP contribution is -2.47. The minimum Gasteiger partial charge on any atom is -0.384 e. The molecule has 3 rings (SSSR count). The van der Waals surface area contributed by atoms with Crippen molar-refractivity contribution in [3.8, 4) is 11.3 Å². The van der Waals surface area contributed by atoms with Crippen LogP contribution < -0.4 is 10.6 Å². The molecule has 0 aromatic carbocycles. The Bertz CT molecular complexity index is 660. The number of nitrogens with zero attached hydrogens (tertiary/aromatic N) is 2. The molecule has 1 saturated heterocycles. The number of piperidine rings is 1. The quantitative estimate of drug-likeness (QED) is 0.834. The van der Waals surface area contributed by atoms with Gasteiger partial charge in [-0.2, -0.15) is 0 Å². The maximum atomic E-state index is 12.4. The minimum absolute atomic E-state index is 0.0222.